The van der Waals surface area contributed by atoms with Gasteiger partial charge >= 0.3 is 0 Å². The molecule has 0 aliphatic heterocycles. The van der Waals surface area contributed by atoms with Crippen LogP contribution in [0.25, 0.3) is 0 Å². The summed E-state index contributed by atoms with van der Waals surface area (Å²) >= 11 is 3.22. The van der Waals surface area contributed by atoms with Crippen LogP contribution in [0.4, 0.5) is 0 Å². The number of hydrogen-bond acceptors (Lipinski definition) is 4. The summed E-state index contributed by atoms with van der Waals surface area (Å²) in [6.07, 6.45) is 4.81. The quantitative estimate of drug-likeness (QED) is 0.846. The molecular weight excluding hydrogens is 342 g/mol. The molecule has 0 aromatic carbocycles. The standard InChI is InChI=1S/C13H16BrN3O2S/c1-13(2,3)17-8-10(7-16-17)9-20(18,19)12-11(14)5-4-6-15-12/h4-8H,9H2,1-3H3. The molecule has 108 valence electrons. The minimum absolute atomic E-state index is 0.0588. The van der Waals surface area contributed by atoms with Crippen LogP contribution in [0.5, 0.6) is 0 Å². The SMILES string of the molecule is CC(C)(C)n1cc(CS(=O)(=O)c2ncccc2Br)cn1. The van der Waals surface area contributed by atoms with Crippen LogP contribution in [0.1, 0.15) is 26.3 Å². The second kappa shape index (κ2) is 5.29. The fraction of sp³-hybridized carbons (Fsp3) is 0.385. The molecule has 0 unspecified atom stereocenters. The van der Waals surface area contributed by atoms with E-state index in [-0.39, 0.29) is 16.3 Å². The molecule has 2 aromatic rings. The molecule has 0 fully saturated rings. The molecule has 0 saturated heterocycles. The number of hydrogen-bond donors (Lipinski definition) is 0. The van der Waals surface area contributed by atoms with Crippen molar-refractivity contribution in [3.05, 3.63) is 40.8 Å². The monoisotopic (exact) mass is 357 g/mol. The molecule has 0 aliphatic carbocycles. The van der Waals surface area contributed by atoms with Gasteiger partial charge in [-0.05, 0) is 48.8 Å². The number of aromatic nitrogens is 3. The predicted octanol–water partition coefficient (Wildman–Crippen LogP) is 2.77. The first-order valence-electron chi connectivity index (χ1n) is 6.07. The first-order chi connectivity index (χ1) is 9.20. The molecule has 2 aromatic heterocycles. The van der Waals surface area contributed by atoms with Gasteiger partial charge in [0.1, 0.15) is 0 Å². The Hall–Kier alpha value is -1.21. The topological polar surface area (TPSA) is 64.8 Å². The zero-order valence-corrected chi connectivity index (χ0v) is 13.9. The zero-order chi connectivity index (χ0) is 15.0. The lowest BCUT2D eigenvalue weighted by Crippen LogP contribution is -2.22. The highest BCUT2D eigenvalue weighted by Crippen LogP contribution is 2.23. The van der Waals surface area contributed by atoms with E-state index in [4.69, 9.17) is 0 Å². The van der Waals surface area contributed by atoms with Crippen molar-refractivity contribution in [2.45, 2.75) is 37.1 Å². The zero-order valence-electron chi connectivity index (χ0n) is 11.5. The van der Waals surface area contributed by atoms with Crippen LogP contribution >= 0.6 is 15.9 Å². The highest BCUT2D eigenvalue weighted by Gasteiger charge is 2.22. The Kier molecular flexibility index (Phi) is 4.02. The summed E-state index contributed by atoms with van der Waals surface area (Å²) in [5.41, 5.74) is 0.477. The number of sulfone groups is 1. The van der Waals surface area contributed by atoms with E-state index in [0.717, 1.165) is 0 Å². The number of rotatable bonds is 3. The lowest BCUT2D eigenvalue weighted by Gasteiger charge is -2.18. The summed E-state index contributed by atoms with van der Waals surface area (Å²) < 4.78 is 26.9. The molecule has 0 radical (unpaired) electrons. The lowest BCUT2D eigenvalue weighted by atomic mass is 10.1. The number of halogens is 1. The molecule has 20 heavy (non-hydrogen) atoms. The maximum Gasteiger partial charge on any atom is 0.200 e. The smallest absolute Gasteiger partial charge is 0.200 e. The second-order valence-corrected chi connectivity index (χ2v) is 8.27. The molecular formula is C13H16BrN3O2S. The van der Waals surface area contributed by atoms with Gasteiger partial charge in [-0.1, -0.05) is 0 Å². The summed E-state index contributed by atoms with van der Waals surface area (Å²) in [6.45, 7) is 6.02. The van der Waals surface area contributed by atoms with Gasteiger partial charge in [0.2, 0.25) is 9.84 Å². The van der Waals surface area contributed by atoms with Crippen LogP contribution in [-0.4, -0.2) is 23.2 Å². The van der Waals surface area contributed by atoms with E-state index in [1.807, 2.05) is 20.8 Å². The van der Waals surface area contributed by atoms with E-state index >= 15 is 0 Å². The summed E-state index contributed by atoms with van der Waals surface area (Å²) in [5, 5.41) is 4.27. The second-order valence-electron chi connectivity index (χ2n) is 5.51. The van der Waals surface area contributed by atoms with Crippen LogP contribution in [-0.2, 0) is 21.1 Å². The third-order valence-electron chi connectivity index (χ3n) is 2.70. The fourth-order valence-corrected chi connectivity index (χ4v) is 4.00. The van der Waals surface area contributed by atoms with Gasteiger partial charge in [-0.25, -0.2) is 13.4 Å². The van der Waals surface area contributed by atoms with Crippen molar-refractivity contribution in [1.82, 2.24) is 14.8 Å². The first kappa shape index (κ1) is 15.2. The molecule has 0 N–H and O–H groups in total. The van der Waals surface area contributed by atoms with Crippen molar-refractivity contribution in [2.75, 3.05) is 0 Å². The average molecular weight is 358 g/mol. The molecule has 0 saturated carbocycles. The van der Waals surface area contributed by atoms with Crippen molar-refractivity contribution in [1.29, 1.82) is 0 Å². The Morgan fingerprint density at radius 3 is 2.60 bits per heavy atom. The molecule has 2 heterocycles. The van der Waals surface area contributed by atoms with Gasteiger partial charge in [0.15, 0.2) is 5.03 Å². The van der Waals surface area contributed by atoms with Crippen LogP contribution < -0.4 is 0 Å². The van der Waals surface area contributed by atoms with Crippen LogP contribution in [0, 0.1) is 0 Å². The van der Waals surface area contributed by atoms with E-state index in [0.29, 0.717) is 10.0 Å². The summed E-state index contributed by atoms with van der Waals surface area (Å²) in [6, 6.07) is 3.35. The molecule has 0 amide bonds. The minimum Gasteiger partial charge on any atom is -0.267 e. The normalized spacial score (nSPS) is 12.6. The van der Waals surface area contributed by atoms with Gasteiger partial charge in [-0.15, -0.1) is 0 Å². The summed E-state index contributed by atoms with van der Waals surface area (Å²) in [5.74, 6) is -0.112. The van der Waals surface area contributed by atoms with E-state index in [9.17, 15) is 8.42 Å². The summed E-state index contributed by atoms with van der Waals surface area (Å²) in [7, 11) is -3.49. The van der Waals surface area contributed by atoms with Crippen LogP contribution in [0.3, 0.4) is 0 Å². The van der Waals surface area contributed by atoms with E-state index in [1.165, 1.54) is 6.20 Å². The van der Waals surface area contributed by atoms with E-state index < -0.39 is 9.84 Å². The highest BCUT2D eigenvalue weighted by atomic mass is 79.9. The van der Waals surface area contributed by atoms with Gasteiger partial charge in [-0.2, -0.15) is 5.10 Å². The van der Waals surface area contributed by atoms with Crippen molar-refractivity contribution < 1.29 is 8.42 Å². The Morgan fingerprint density at radius 2 is 2.05 bits per heavy atom. The van der Waals surface area contributed by atoms with Gasteiger partial charge in [0.25, 0.3) is 0 Å². The Balaban J connectivity index is 2.30. The highest BCUT2D eigenvalue weighted by molar-refractivity contribution is 9.10. The van der Waals surface area contributed by atoms with E-state index in [1.54, 1.807) is 29.2 Å². The molecule has 5 nitrogen and oxygen atoms in total. The van der Waals surface area contributed by atoms with Crippen LogP contribution in [0.15, 0.2) is 40.2 Å². The average Bonchev–Trinajstić information content (AvgIpc) is 2.76. The Morgan fingerprint density at radius 1 is 1.35 bits per heavy atom. The summed E-state index contributed by atoms with van der Waals surface area (Å²) in [4.78, 5) is 3.94. The fourth-order valence-electron chi connectivity index (χ4n) is 1.69. The molecule has 0 aliphatic rings. The van der Waals surface area contributed by atoms with Crippen LogP contribution in [0.2, 0.25) is 0 Å². The molecule has 0 bridgehead atoms. The van der Waals surface area contributed by atoms with Crippen molar-refractivity contribution >= 4 is 25.8 Å². The molecule has 7 heteroatoms. The van der Waals surface area contributed by atoms with Gasteiger partial charge in [0, 0.05) is 18.0 Å². The van der Waals surface area contributed by atoms with Crippen molar-refractivity contribution in [3.63, 3.8) is 0 Å². The third-order valence-corrected chi connectivity index (χ3v) is 5.23. The Labute approximate surface area is 127 Å². The molecule has 2 rings (SSSR count). The molecule has 0 spiro atoms. The number of pyridine rings is 1. The molecule has 0 atom stereocenters. The van der Waals surface area contributed by atoms with Gasteiger partial charge in [-0.3, -0.25) is 4.68 Å². The maximum absolute atomic E-state index is 12.4. The maximum atomic E-state index is 12.4. The first-order valence-corrected chi connectivity index (χ1v) is 8.52. The van der Waals surface area contributed by atoms with Gasteiger partial charge in [0.05, 0.1) is 22.0 Å². The number of nitrogens with zero attached hydrogens (tertiary/aromatic N) is 3. The lowest BCUT2D eigenvalue weighted by molar-refractivity contribution is 0.355. The third kappa shape index (κ3) is 3.27. The minimum atomic E-state index is -3.49. The predicted molar refractivity (Wildman–Crippen MR) is 80.0 cm³/mol. The van der Waals surface area contributed by atoms with Gasteiger partial charge < -0.3 is 0 Å². The largest absolute Gasteiger partial charge is 0.267 e. The van der Waals surface area contributed by atoms with Crippen molar-refractivity contribution in [2.24, 2.45) is 0 Å². The Bertz CT molecular complexity index is 717. The van der Waals surface area contributed by atoms with Crippen molar-refractivity contribution in [3.8, 4) is 0 Å². The van der Waals surface area contributed by atoms with E-state index in [2.05, 4.69) is 26.0 Å².